The molecular formula is C34H29N5O3S2. The molecule has 1 atom stereocenters. The molecule has 0 fully saturated rings. The minimum atomic E-state index is -0.590. The van der Waals surface area contributed by atoms with Crippen molar-refractivity contribution in [2.45, 2.75) is 24.0 Å². The van der Waals surface area contributed by atoms with Gasteiger partial charge in [-0.25, -0.2) is 0 Å². The maximum atomic E-state index is 13.6. The van der Waals surface area contributed by atoms with Gasteiger partial charge < -0.3 is 10.6 Å². The van der Waals surface area contributed by atoms with E-state index < -0.39 is 17.1 Å². The van der Waals surface area contributed by atoms with Crippen LogP contribution in [0.4, 0.5) is 10.8 Å². The van der Waals surface area contributed by atoms with Gasteiger partial charge >= 0.3 is 0 Å². The van der Waals surface area contributed by atoms with Crippen molar-refractivity contribution in [3.05, 3.63) is 142 Å². The fourth-order valence-electron chi connectivity index (χ4n) is 4.27. The Morgan fingerprint density at radius 3 is 2.23 bits per heavy atom. The molecule has 10 heteroatoms. The molecule has 44 heavy (non-hydrogen) atoms. The van der Waals surface area contributed by atoms with Crippen LogP contribution in [0.25, 0.3) is 6.08 Å². The molecule has 0 saturated carbocycles. The zero-order valence-electron chi connectivity index (χ0n) is 24.0. The quantitative estimate of drug-likeness (QED) is 0.114. The molecule has 0 spiro atoms. The van der Waals surface area contributed by atoms with E-state index in [9.17, 15) is 14.4 Å². The van der Waals surface area contributed by atoms with E-state index in [0.717, 1.165) is 26.6 Å². The first kappa shape index (κ1) is 30.4. The van der Waals surface area contributed by atoms with E-state index in [1.165, 1.54) is 23.1 Å². The summed E-state index contributed by atoms with van der Waals surface area (Å²) >= 11 is 2.65. The molecule has 1 aromatic heterocycles. The van der Waals surface area contributed by atoms with E-state index in [-0.39, 0.29) is 11.6 Å². The van der Waals surface area contributed by atoms with Gasteiger partial charge in [0.25, 0.3) is 11.8 Å². The van der Waals surface area contributed by atoms with Crippen LogP contribution >= 0.6 is 23.1 Å². The minimum absolute atomic E-state index is 0.0939. The zero-order chi connectivity index (χ0) is 30.9. The summed E-state index contributed by atoms with van der Waals surface area (Å²) < 4.78 is 0. The van der Waals surface area contributed by atoms with Crippen molar-refractivity contribution >= 4 is 57.7 Å². The van der Waals surface area contributed by atoms with Crippen LogP contribution in [0.1, 0.15) is 37.3 Å². The summed E-state index contributed by atoms with van der Waals surface area (Å²) in [5.41, 5.74) is 3.65. The van der Waals surface area contributed by atoms with Crippen molar-refractivity contribution in [1.82, 2.24) is 15.5 Å². The molecule has 0 aliphatic rings. The second-order valence-corrected chi connectivity index (χ2v) is 12.2. The van der Waals surface area contributed by atoms with Gasteiger partial charge in [-0.1, -0.05) is 95.8 Å². The van der Waals surface area contributed by atoms with Crippen LogP contribution in [-0.4, -0.2) is 27.9 Å². The van der Waals surface area contributed by atoms with E-state index in [2.05, 4.69) is 26.1 Å². The fourth-order valence-corrected chi connectivity index (χ4v) is 5.95. The van der Waals surface area contributed by atoms with Gasteiger partial charge in [-0.2, -0.15) is 0 Å². The second kappa shape index (κ2) is 14.4. The summed E-state index contributed by atoms with van der Waals surface area (Å²) in [6.45, 7) is 3.78. The fraction of sp³-hybridized carbons (Fsp3) is 0.0882. The molecule has 0 bridgehead atoms. The molecule has 0 aliphatic heterocycles. The molecule has 0 radical (unpaired) electrons. The lowest BCUT2D eigenvalue weighted by Crippen LogP contribution is -2.30. The molecule has 4 aromatic carbocycles. The first-order chi connectivity index (χ1) is 21.3. The van der Waals surface area contributed by atoms with Crippen LogP contribution < -0.4 is 16.0 Å². The average molecular weight is 620 g/mol. The molecule has 0 aliphatic carbocycles. The number of hydrogen-bond acceptors (Lipinski definition) is 7. The van der Waals surface area contributed by atoms with Crippen molar-refractivity contribution in [2.75, 3.05) is 10.6 Å². The number of nitrogens with one attached hydrogen (secondary N) is 3. The number of rotatable bonds is 10. The Kier molecular flexibility index (Phi) is 9.96. The summed E-state index contributed by atoms with van der Waals surface area (Å²) in [6.07, 6.45) is 1.65. The van der Waals surface area contributed by atoms with Gasteiger partial charge in [0, 0.05) is 16.1 Å². The highest BCUT2D eigenvalue weighted by Gasteiger charge is 2.24. The molecule has 0 saturated heterocycles. The Balaban J connectivity index is 1.37. The Morgan fingerprint density at radius 2 is 1.52 bits per heavy atom. The normalized spacial score (nSPS) is 11.8. The van der Waals surface area contributed by atoms with Crippen LogP contribution in [0.15, 0.2) is 120 Å². The number of anilines is 2. The summed E-state index contributed by atoms with van der Waals surface area (Å²) in [5, 5.41) is 17.1. The smallest absolute Gasteiger partial charge is 0.272 e. The predicted octanol–water partition coefficient (Wildman–Crippen LogP) is 7.04. The van der Waals surface area contributed by atoms with Crippen LogP contribution in [0.5, 0.6) is 0 Å². The monoisotopic (exact) mass is 619 g/mol. The average Bonchev–Trinajstić information content (AvgIpc) is 3.44. The van der Waals surface area contributed by atoms with Crippen LogP contribution in [-0.2, 0) is 9.59 Å². The number of benzene rings is 4. The number of carbonyl (C=O) groups excluding carboxylic acids is 3. The Labute approximate surface area is 263 Å². The largest absolute Gasteiger partial charge is 0.321 e. The molecule has 8 nitrogen and oxygen atoms in total. The third-order valence-corrected chi connectivity index (χ3v) is 8.33. The van der Waals surface area contributed by atoms with E-state index in [1.54, 1.807) is 48.5 Å². The minimum Gasteiger partial charge on any atom is -0.321 e. The van der Waals surface area contributed by atoms with Gasteiger partial charge in [0.15, 0.2) is 0 Å². The topological polar surface area (TPSA) is 113 Å². The maximum Gasteiger partial charge on any atom is 0.272 e. The number of amides is 3. The van der Waals surface area contributed by atoms with E-state index >= 15 is 0 Å². The van der Waals surface area contributed by atoms with E-state index in [1.807, 2.05) is 80.6 Å². The van der Waals surface area contributed by atoms with E-state index in [0.29, 0.717) is 16.4 Å². The molecule has 3 amide bonds. The molecule has 220 valence electrons. The molecular weight excluding hydrogens is 591 g/mol. The summed E-state index contributed by atoms with van der Waals surface area (Å²) in [6, 6.07) is 33.0. The van der Waals surface area contributed by atoms with E-state index in [4.69, 9.17) is 0 Å². The number of aromatic nitrogens is 2. The van der Waals surface area contributed by atoms with Crippen molar-refractivity contribution in [3.8, 4) is 0 Å². The molecule has 3 N–H and O–H groups in total. The lowest BCUT2D eigenvalue weighted by atomic mass is 10.1. The highest BCUT2D eigenvalue weighted by atomic mass is 32.2. The second-order valence-electron chi connectivity index (χ2n) is 9.80. The number of nitrogens with zero attached hydrogens (tertiary/aromatic N) is 2. The maximum absolute atomic E-state index is 13.6. The zero-order valence-corrected chi connectivity index (χ0v) is 25.6. The predicted molar refractivity (Wildman–Crippen MR) is 176 cm³/mol. The van der Waals surface area contributed by atoms with Crippen molar-refractivity contribution < 1.29 is 14.4 Å². The first-order valence-corrected chi connectivity index (χ1v) is 15.4. The van der Waals surface area contributed by atoms with Gasteiger partial charge in [-0.3, -0.25) is 19.7 Å². The van der Waals surface area contributed by atoms with Crippen LogP contribution in [0.2, 0.25) is 0 Å². The molecule has 5 aromatic rings. The number of aryl methyl sites for hydroxylation is 2. The molecule has 1 heterocycles. The standard InChI is InChI=1S/C34H29N5O3S2/c1-22-11-9-12-24(19-22)20-29(36-31(40)26-15-7-4-8-16-26)32(41)35-27-17-10-18-28(21-27)44-30(25-13-5-3-6-14-25)33(42)37-34-39-38-23(2)43-34/h3-21,30H,1-2H3,(H,35,41)(H,36,40)(H,37,39,42)/b29-20+. The van der Waals surface area contributed by atoms with Gasteiger partial charge in [0.2, 0.25) is 11.0 Å². The number of hydrogen-bond donors (Lipinski definition) is 3. The van der Waals surface area contributed by atoms with Crippen molar-refractivity contribution in [3.63, 3.8) is 0 Å². The van der Waals surface area contributed by atoms with Gasteiger partial charge in [0.1, 0.15) is 16.0 Å². The number of thioether (sulfide) groups is 1. The van der Waals surface area contributed by atoms with Crippen LogP contribution in [0.3, 0.4) is 0 Å². The lowest BCUT2D eigenvalue weighted by molar-refractivity contribution is -0.116. The van der Waals surface area contributed by atoms with Crippen molar-refractivity contribution in [1.29, 1.82) is 0 Å². The van der Waals surface area contributed by atoms with Crippen LogP contribution in [0, 0.1) is 13.8 Å². The Bertz CT molecular complexity index is 1810. The van der Waals surface area contributed by atoms with Gasteiger partial charge in [-0.05, 0) is 61.4 Å². The Morgan fingerprint density at radius 1 is 0.795 bits per heavy atom. The summed E-state index contributed by atoms with van der Waals surface area (Å²) in [5.74, 6) is -1.12. The summed E-state index contributed by atoms with van der Waals surface area (Å²) in [7, 11) is 0. The third kappa shape index (κ3) is 8.27. The van der Waals surface area contributed by atoms with Gasteiger partial charge in [-0.15, -0.1) is 22.0 Å². The summed E-state index contributed by atoms with van der Waals surface area (Å²) in [4.78, 5) is 40.7. The third-order valence-electron chi connectivity index (χ3n) is 6.32. The highest BCUT2D eigenvalue weighted by Crippen LogP contribution is 2.37. The van der Waals surface area contributed by atoms with Gasteiger partial charge in [0.05, 0.1) is 0 Å². The first-order valence-electron chi connectivity index (χ1n) is 13.7. The highest BCUT2D eigenvalue weighted by molar-refractivity contribution is 8.00. The Hall–Kier alpha value is -5.06. The van der Waals surface area contributed by atoms with Crippen molar-refractivity contribution in [2.24, 2.45) is 0 Å². The molecule has 1 unspecified atom stereocenters. The molecule has 5 rings (SSSR count). The SMILES string of the molecule is Cc1cccc(/C=C(/NC(=O)c2ccccc2)C(=O)Nc2cccc(SC(C(=O)Nc3nnc(C)s3)c3ccccc3)c2)c1. The lowest BCUT2D eigenvalue weighted by Gasteiger charge is -2.17. The number of carbonyl (C=O) groups is 3.